The van der Waals surface area contributed by atoms with Crippen molar-refractivity contribution in [3.8, 4) is 0 Å². The maximum absolute atomic E-state index is 15.4. The summed E-state index contributed by atoms with van der Waals surface area (Å²) in [6.45, 7) is 7.35. The maximum atomic E-state index is 15.4. The van der Waals surface area contributed by atoms with Gasteiger partial charge in [-0.1, -0.05) is 168 Å². The van der Waals surface area contributed by atoms with Gasteiger partial charge < -0.3 is 5.32 Å². The molecule has 2 N–H and O–H groups in total. The summed E-state index contributed by atoms with van der Waals surface area (Å²) in [4.78, 5) is 0. The van der Waals surface area contributed by atoms with E-state index in [-0.39, 0.29) is 0 Å². The molecule has 0 aliphatic rings. The lowest BCUT2D eigenvalue weighted by Crippen LogP contribution is -2.84. The van der Waals surface area contributed by atoms with E-state index in [4.69, 9.17) is 0 Å². The zero-order chi connectivity index (χ0) is 58.3. The molecule has 4 aromatic carbocycles. The summed E-state index contributed by atoms with van der Waals surface area (Å²) in [6, 6.07) is 0. The highest BCUT2D eigenvalue weighted by atomic mass is 19.2. The minimum Gasteiger partial charge on any atom is -0.346 e. The molecule has 0 bridgehead atoms. The molecule has 0 saturated carbocycles. The van der Waals surface area contributed by atoms with E-state index in [0.29, 0.717) is 0 Å². The van der Waals surface area contributed by atoms with E-state index < -0.39 is 144 Å². The summed E-state index contributed by atoms with van der Waals surface area (Å²) >= 11 is 0. The van der Waals surface area contributed by atoms with E-state index >= 15 is 35.1 Å². The van der Waals surface area contributed by atoms with Crippen LogP contribution in [-0.2, 0) is 0 Å². The second-order valence-electron chi connectivity index (χ2n) is 19.9. The van der Waals surface area contributed by atoms with Gasteiger partial charge in [0.2, 0.25) is 0 Å². The Bertz CT molecular complexity index is 2110. The van der Waals surface area contributed by atoms with Crippen molar-refractivity contribution in [2.75, 3.05) is 13.1 Å². The highest BCUT2D eigenvalue weighted by Crippen LogP contribution is 2.31. The normalized spacial score (nSPS) is 11.8. The van der Waals surface area contributed by atoms with Crippen molar-refractivity contribution < 1.29 is 93.1 Å². The molecular formula is C56H68BF20N. The molecule has 0 unspecified atom stereocenters. The molecule has 440 valence electrons. The average molecular weight is 1150 g/mol. The molecule has 22 heteroatoms. The van der Waals surface area contributed by atoms with Gasteiger partial charge in [-0.25, -0.2) is 87.8 Å². The summed E-state index contributed by atoms with van der Waals surface area (Å²) in [7, 11) is 0. The molecule has 0 radical (unpaired) electrons. The van der Waals surface area contributed by atoms with Crippen molar-refractivity contribution in [3.63, 3.8) is 0 Å². The van der Waals surface area contributed by atoms with Crippen LogP contribution in [0.15, 0.2) is 0 Å². The molecule has 0 heterocycles. The lowest BCUT2D eigenvalue weighted by molar-refractivity contribution is -0.655. The van der Waals surface area contributed by atoms with Gasteiger partial charge in [0.15, 0.2) is 69.8 Å². The largest absolute Gasteiger partial charge is 0.346 e. The molecule has 0 saturated heterocycles. The third-order valence-electron chi connectivity index (χ3n) is 14.2. The first kappa shape index (κ1) is 67.8. The van der Waals surface area contributed by atoms with Crippen LogP contribution in [0, 0.1) is 116 Å². The number of nitrogens with two attached hydrogens (primary N) is 1. The minimum atomic E-state index is -7.22. The van der Waals surface area contributed by atoms with Gasteiger partial charge in [-0.2, -0.15) is 0 Å². The van der Waals surface area contributed by atoms with Gasteiger partial charge in [0.05, 0.1) is 13.1 Å². The number of unbranched alkanes of at least 4 members (excludes halogenated alkanes) is 26. The Kier molecular flexibility index (Phi) is 29.5. The van der Waals surface area contributed by atoms with Crippen LogP contribution in [0.5, 0.6) is 0 Å². The fourth-order valence-electron chi connectivity index (χ4n) is 9.98. The molecule has 0 spiro atoms. The maximum Gasteiger partial charge on any atom is 0.200 e. The lowest BCUT2D eigenvalue weighted by Gasteiger charge is -2.44. The molecule has 0 atom stereocenters. The topological polar surface area (TPSA) is 16.6 Å². The molecule has 0 aromatic heterocycles. The highest BCUT2D eigenvalue weighted by Gasteiger charge is 2.52. The van der Waals surface area contributed by atoms with Gasteiger partial charge >= 0.3 is 0 Å². The number of rotatable bonds is 34. The zero-order valence-electron chi connectivity index (χ0n) is 43.9. The molecule has 0 aliphatic carbocycles. The van der Waals surface area contributed by atoms with Crippen LogP contribution in [0.25, 0.3) is 0 Å². The highest BCUT2D eigenvalue weighted by molar-refractivity contribution is 7.20. The predicted octanol–water partition coefficient (Wildman–Crippen LogP) is 16.4. The van der Waals surface area contributed by atoms with Gasteiger partial charge in [0.1, 0.15) is 52.7 Å². The summed E-state index contributed by atoms with van der Waals surface area (Å²) in [6.07, 6.45) is 33.8. The van der Waals surface area contributed by atoms with E-state index in [9.17, 15) is 52.7 Å². The SMILES string of the molecule is CCCCCCCCCCCCCCCC[NH2+]CCCCCCCCCCCCCCCC.Fc1c(F)c(F)c([B-](c2c(F)c(F)c(F)c(F)c2F)(c2c(F)c(F)c(F)c(F)c2F)c2c(F)c(F)c(F)c(F)c2F)c(F)c1F. The third-order valence-corrected chi connectivity index (χ3v) is 14.2. The van der Waals surface area contributed by atoms with Crippen molar-refractivity contribution >= 4 is 28.0 Å². The quantitative estimate of drug-likeness (QED) is 0.0158. The molecular weight excluding hydrogens is 1080 g/mol. The Labute approximate surface area is 443 Å². The average Bonchev–Trinajstić information content (AvgIpc) is 3.52. The Morgan fingerprint density at radius 2 is 0.321 bits per heavy atom. The number of hydrogen-bond acceptors (Lipinski definition) is 0. The fraction of sp³-hybridized carbons (Fsp3) is 0.571. The number of quaternary nitrogens is 1. The summed E-state index contributed by atoms with van der Waals surface area (Å²) in [5.41, 5.74) is -14.3. The lowest BCUT2D eigenvalue weighted by atomic mass is 9.12. The zero-order valence-corrected chi connectivity index (χ0v) is 43.9. The van der Waals surface area contributed by atoms with Crippen LogP contribution < -0.4 is 27.2 Å². The Morgan fingerprint density at radius 1 is 0.192 bits per heavy atom. The minimum absolute atomic E-state index is 1.37. The van der Waals surface area contributed by atoms with E-state index in [0.717, 1.165) is 0 Å². The number of halogens is 20. The molecule has 4 aromatic rings. The Morgan fingerprint density at radius 3 is 0.474 bits per heavy atom. The van der Waals surface area contributed by atoms with Crippen LogP contribution >= 0.6 is 0 Å². The molecule has 0 amide bonds. The summed E-state index contributed by atoms with van der Waals surface area (Å²) in [5.74, 6) is -71.4. The molecule has 0 aliphatic heterocycles. The van der Waals surface area contributed by atoms with E-state index in [1.54, 1.807) is 0 Å². The Balaban J connectivity index is 0.000000433. The second-order valence-corrected chi connectivity index (χ2v) is 19.9. The first-order chi connectivity index (χ1) is 37.1. The van der Waals surface area contributed by atoms with Crippen molar-refractivity contribution in [1.82, 2.24) is 0 Å². The summed E-state index contributed by atoms with van der Waals surface area (Å²) < 4.78 is 294. The number of hydrogen-bond donors (Lipinski definition) is 1. The van der Waals surface area contributed by atoms with Crippen molar-refractivity contribution in [3.05, 3.63) is 116 Å². The predicted molar refractivity (Wildman–Crippen MR) is 262 cm³/mol. The first-order valence-electron chi connectivity index (χ1n) is 27.2. The summed E-state index contributed by atoms with van der Waals surface area (Å²) in [5, 5.41) is 2.58. The van der Waals surface area contributed by atoms with Crippen molar-refractivity contribution in [2.24, 2.45) is 0 Å². The van der Waals surface area contributed by atoms with Crippen molar-refractivity contribution in [2.45, 2.75) is 194 Å². The molecule has 78 heavy (non-hydrogen) atoms. The smallest absolute Gasteiger partial charge is 0.200 e. The van der Waals surface area contributed by atoms with Crippen LogP contribution in [0.1, 0.15) is 194 Å². The van der Waals surface area contributed by atoms with Gasteiger partial charge in [-0.05, 0) is 25.7 Å². The van der Waals surface area contributed by atoms with Gasteiger partial charge in [0, 0.05) is 0 Å². The molecule has 1 nitrogen and oxygen atoms in total. The van der Waals surface area contributed by atoms with E-state index in [2.05, 4.69) is 19.2 Å². The van der Waals surface area contributed by atoms with Crippen LogP contribution in [0.3, 0.4) is 0 Å². The van der Waals surface area contributed by atoms with Crippen LogP contribution in [0.4, 0.5) is 87.8 Å². The van der Waals surface area contributed by atoms with Crippen LogP contribution in [-0.4, -0.2) is 19.2 Å². The second kappa shape index (κ2) is 33.9. The molecule has 0 fully saturated rings. The van der Waals surface area contributed by atoms with Gasteiger partial charge in [-0.15, -0.1) is 21.9 Å². The van der Waals surface area contributed by atoms with Crippen molar-refractivity contribution in [1.29, 1.82) is 0 Å². The monoisotopic (exact) mass is 1150 g/mol. The van der Waals surface area contributed by atoms with Gasteiger partial charge in [0.25, 0.3) is 0 Å². The fourth-order valence-corrected chi connectivity index (χ4v) is 9.98. The van der Waals surface area contributed by atoms with E-state index in [1.165, 1.54) is 193 Å². The van der Waals surface area contributed by atoms with Crippen LogP contribution in [0.2, 0.25) is 0 Å². The first-order valence-corrected chi connectivity index (χ1v) is 27.2. The van der Waals surface area contributed by atoms with E-state index in [1.807, 2.05) is 0 Å². The standard InChI is InChI=1S/C32H67N.C24BF20/c1-3-5-7-9-11-13-15-17-19-21-23-25-27-29-31-33-32-30-28-26-24-22-20-18-16-14-12-10-8-6-4-2;26-5-1(6(27)14(35)21(42)13(5)34)25(2-7(28)15(36)22(43)16(37)8(2)29,3-9(30)17(38)23(44)18(39)10(3)31)4-11(32)19(40)24(45)20(41)12(4)33/h33H,3-32H2,1-2H3;/q;-1/p+1. The third kappa shape index (κ3) is 16.8. The number of benzene rings is 4. The van der Waals surface area contributed by atoms with Gasteiger partial charge in [-0.3, -0.25) is 0 Å². The molecule has 4 rings (SSSR count). The Hall–Kier alpha value is -4.50.